The van der Waals surface area contributed by atoms with Crippen molar-refractivity contribution in [2.45, 2.75) is 6.42 Å². The fourth-order valence-corrected chi connectivity index (χ4v) is 9.44. The summed E-state index contributed by atoms with van der Waals surface area (Å²) in [6.07, 6.45) is 0.989. The van der Waals surface area contributed by atoms with Crippen LogP contribution in [-0.2, 0) is 6.42 Å². The van der Waals surface area contributed by atoms with Gasteiger partial charge in [-0.15, -0.1) is 0 Å². The van der Waals surface area contributed by atoms with E-state index >= 15 is 0 Å². The summed E-state index contributed by atoms with van der Waals surface area (Å²) in [6.45, 7) is 0. The smallest absolute Gasteiger partial charge is 0.0547 e. The van der Waals surface area contributed by atoms with E-state index in [0.29, 0.717) is 0 Å². The van der Waals surface area contributed by atoms with Crippen molar-refractivity contribution >= 4 is 43.6 Å². The van der Waals surface area contributed by atoms with Gasteiger partial charge in [0.05, 0.1) is 22.1 Å². The van der Waals surface area contributed by atoms with Crippen molar-refractivity contribution in [2.75, 3.05) is 0 Å². The van der Waals surface area contributed by atoms with Crippen LogP contribution in [0.4, 0.5) is 0 Å². The molecule has 266 valence electrons. The fourth-order valence-electron chi connectivity index (χ4n) is 9.44. The maximum atomic E-state index is 2.45. The Bertz CT molecular complexity index is 3360. The van der Waals surface area contributed by atoms with Crippen molar-refractivity contribution in [2.24, 2.45) is 0 Å². The average Bonchev–Trinajstić information content (AvgIpc) is 3.94. The number of hydrogen-bond acceptors (Lipinski definition) is 0. The van der Waals surface area contributed by atoms with Gasteiger partial charge < -0.3 is 9.13 Å². The van der Waals surface area contributed by atoms with E-state index in [9.17, 15) is 0 Å². The van der Waals surface area contributed by atoms with E-state index in [4.69, 9.17) is 0 Å². The van der Waals surface area contributed by atoms with Crippen LogP contribution >= 0.6 is 0 Å². The average molecular weight is 725 g/mol. The molecule has 0 spiro atoms. The first kappa shape index (κ1) is 31.9. The third-order valence-corrected chi connectivity index (χ3v) is 12.1. The quantitative estimate of drug-likeness (QED) is 0.167. The predicted molar refractivity (Wildman–Crippen MR) is 240 cm³/mol. The lowest BCUT2D eigenvalue weighted by Crippen LogP contribution is -1.95. The van der Waals surface area contributed by atoms with Crippen molar-refractivity contribution in [3.63, 3.8) is 0 Å². The van der Waals surface area contributed by atoms with E-state index in [1.807, 2.05) is 0 Å². The normalized spacial score (nSPS) is 12.1. The van der Waals surface area contributed by atoms with Gasteiger partial charge in [0.1, 0.15) is 0 Å². The highest BCUT2D eigenvalue weighted by molar-refractivity contribution is 6.12. The van der Waals surface area contributed by atoms with Crippen LogP contribution in [-0.4, -0.2) is 9.13 Å². The van der Waals surface area contributed by atoms with Crippen molar-refractivity contribution < 1.29 is 0 Å². The van der Waals surface area contributed by atoms with E-state index in [0.717, 1.165) is 17.8 Å². The van der Waals surface area contributed by atoms with Crippen molar-refractivity contribution in [1.82, 2.24) is 9.13 Å². The van der Waals surface area contributed by atoms with E-state index in [2.05, 4.69) is 215 Å². The van der Waals surface area contributed by atoms with Gasteiger partial charge in [0, 0.05) is 32.9 Å². The molecule has 0 unspecified atom stereocenters. The van der Waals surface area contributed by atoms with Gasteiger partial charge in [-0.25, -0.2) is 0 Å². The Morgan fingerprint density at radius 1 is 0.263 bits per heavy atom. The molecular weight excluding hydrogens is 689 g/mol. The van der Waals surface area contributed by atoms with E-state index < -0.39 is 0 Å². The van der Waals surface area contributed by atoms with Crippen molar-refractivity contribution in [3.05, 3.63) is 217 Å². The molecule has 0 saturated heterocycles. The Balaban J connectivity index is 0.970. The molecule has 0 amide bonds. The van der Waals surface area contributed by atoms with Crippen LogP contribution in [0.2, 0.25) is 0 Å². The second-order valence-electron chi connectivity index (χ2n) is 15.3. The Kier molecular flexibility index (Phi) is 7.02. The lowest BCUT2D eigenvalue weighted by Gasteiger charge is -2.12. The standard InChI is InChI=1S/C55H36N2/c1-2-11-36(12-3-1)37-21-26-44(27-22-37)56-53-20-9-7-18-49(53)51-34-40(25-30-54(51)56)41-24-29-50-48-17-6-8-19-52(48)57(55(50)35-41)45-15-10-14-38(33-45)39-23-28-47-43(31-39)32-42-13-4-5-16-46(42)47/h1-31,33-35H,32H2. The Labute approximate surface area is 331 Å². The SMILES string of the molecule is c1ccc(-c2ccc(-n3c4ccccc4c4cc(-c5ccc6c7ccccc7n(-c7cccc(-c8ccc9c(c8)Cc8ccccc8-9)c7)c6c5)ccc43)cc2)cc1. The molecule has 0 saturated carbocycles. The summed E-state index contributed by atoms with van der Waals surface area (Å²) >= 11 is 0. The molecule has 2 aromatic heterocycles. The van der Waals surface area contributed by atoms with Crippen LogP contribution < -0.4 is 0 Å². The molecule has 2 heterocycles. The highest BCUT2D eigenvalue weighted by Crippen LogP contribution is 2.41. The Hall–Kier alpha value is -7.42. The largest absolute Gasteiger partial charge is 0.309 e. The zero-order valence-corrected chi connectivity index (χ0v) is 31.2. The summed E-state index contributed by atoms with van der Waals surface area (Å²) in [6, 6.07) is 75.9. The molecule has 0 radical (unpaired) electrons. The molecule has 1 aliphatic carbocycles. The van der Waals surface area contributed by atoms with Gasteiger partial charge in [-0.3, -0.25) is 0 Å². The van der Waals surface area contributed by atoms with Gasteiger partial charge in [0.15, 0.2) is 0 Å². The zero-order chi connectivity index (χ0) is 37.5. The minimum atomic E-state index is 0.989. The van der Waals surface area contributed by atoms with Gasteiger partial charge in [-0.05, 0) is 117 Å². The monoisotopic (exact) mass is 724 g/mol. The van der Waals surface area contributed by atoms with Crippen LogP contribution in [0.25, 0.3) is 99.5 Å². The van der Waals surface area contributed by atoms with E-state index in [1.54, 1.807) is 0 Å². The minimum absolute atomic E-state index is 0.989. The maximum absolute atomic E-state index is 2.45. The lowest BCUT2D eigenvalue weighted by molar-refractivity contribution is 1.18. The molecule has 0 atom stereocenters. The number of para-hydroxylation sites is 2. The first-order valence-corrected chi connectivity index (χ1v) is 19.8. The number of rotatable bonds is 5. The molecule has 2 heteroatoms. The number of fused-ring (bicyclic) bond motifs is 9. The van der Waals surface area contributed by atoms with Crippen LogP contribution in [0.1, 0.15) is 11.1 Å². The first-order chi connectivity index (χ1) is 28.2. The van der Waals surface area contributed by atoms with Crippen LogP contribution in [0.15, 0.2) is 206 Å². The van der Waals surface area contributed by atoms with Crippen LogP contribution in [0.5, 0.6) is 0 Å². The summed E-state index contributed by atoms with van der Waals surface area (Å²) in [5.41, 5.74) is 20.0. The number of aromatic nitrogens is 2. The third-order valence-electron chi connectivity index (χ3n) is 12.1. The maximum Gasteiger partial charge on any atom is 0.0547 e. The number of nitrogens with zero attached hydrogens (tertiary/aromatic N) is 2. The minimum Gasteiger partial charge on any atom is -0.309 e. The van der Waals surface area contributed by atoms with Gasteiger partial charge in [0.25, 0.3) is 0 Å². The molecule has 2 nitrogen and oxygen atoms in total. The van der Waals surface area contributed by atoms with Gasteiger partial charge in [-0.2, -0.15) is 0 Å². The molecule has 0 bridgehead atoms. The molecule has 57 heavy (non-hydrogen) atoms. The lowest BCUT2D eigenvalue weighted by atomic mass is 9.99. The zero-order valence-electron chi connectivity index (χ0n) is 31.2. The summed E-state index contributed by atoms with van der Waals surface area (Å²) in [4.78, 5) is 0. The van der Waals surface area contributed by atoms with E-state index in [-0.39, 0.29) is 0 Å². The molecule has 1 aliphatic rings. The molecule has 9 aromatic carbocycles. The molecule has 11 aromatic rings. The van der Waals surface area contributed by atoms with Crippen LogP contribution in [0.3, 0.4) is 0 Å². The first-order valence-electron chi connectivity index (χ1n) is 19.8. The second-order valence-corrected chi connectivity index (χ2v) is 15.3. The third kappa shape index (κ3) is 5.04. The van der Waals surface area contributed by atoms with Crippen molar-refractivity contribution in [1.29, 1.82) is 0 Å². The summed E-state index contributed by atoms with van der Waals surface area (Å²) < 4.78 is 4.85. The van der Waals surface area contributed by atoms with Crippen molar-refractivity contribution in [3.8, 4) is 55.9 Å². The molecule has 12 rings (SSSR count). The molecule has 0 N–H and O–H groups in total. The number of benzene rings is 9. The Morgan fingerprint density at radius 2 is 0.807 bits per heavy atom. The molecule has 0 fully saturated rings. The van der Waals surface area contributed by atoms with Gasteiger partial charge in [-0.1, -0.05) is 152 Å². The topological polar surface area (TPSA) is 9.86 Å². The summed E-state index contributed by atoms with van der Waals surface area (Å²) in [7, 11) is 0. The highest BCUT2D eigenvalue weighted by Gasteiger charge is 2.20. The molecular formula is C55H36N2. The number of hydrogen-bond donors (Lipinski definition) is 0. The predicted octanol–water partition coefficient (Wildman–Crippen LogP) is 14.5. The summed E-state index contributed by atoms with van der Waals surface area (Å²) in [5.74, 6) is 0. The second kappa shape index (κ2) is 12.6. The fraction of sp³-hybridized carbons (Fsp3) is 0.0182. The molecule has 0 aliphatic heterocycles. The van der Waals surface area contributed by atoms with Gasteiger partial charge >= 0.3 is 0 Å². The highest BCUT2D eigenvalue weighted by atomic mass is 15.0. The Morgan fingerprint density at radius 3 is 1.65 bits per heavy atom. The van der Waals surface area contributed by atoms with Gasteiger partial charge in [0.2, 0.25) is 0 Å². The van der Waals surface area contributed by atoms with Crippen LogP contribution in [0, 0.1) is 0 Å². The summed E-state index contributed by atoms with van der Waals surface area (Å²) in [5, 5.41) is 5.02. The van der Waals surface area contributed by atoms with E-state index in [1.165, 1.54) is 99.2 Å².